The lowest BCUT2D eigenvalue weighted by atomic mass is 10.3. The van der Waals surface area contributed by atoms with E-state index in [0.717, 1.165) is 24.5 Å². The first-order chi connectivity index (χ1) is 10.2. The first-order valence-corrected chi connectivity index (χ1v) is 7.03. The second kappa shape index (κ2) is 5.87. The van der Waals surface area contributed by atoms with Crippen LogP contribution in [0.3, 0.4) is 0 Å². The average Bonchev–Trinajstić information content (AvgIpc) is 3.04. The van der Waals surface area contributed by atoms with Crippen molar-refractivity contribution < 1.29 is 4.79 Å². The Morgan fingerprint density at radius 1 is 1.19 bits per heavy atom. The van der Waals surface area contributed by atoms with E-state index in [0.29, 0.717) is 11.5 Å². The van der Waals surface area contributed by atoms with E-state index >= 15 is 0 Å². The summed E-state index contributed by atoms with van der Waals surface area (Å²) in [6, 6.07) is 5.41. The van der Waals surface area contributed by atoms with Crippen molar-refractivity contribution in [3.8, 4) is 0 Å². The van der Waals surface area contributed by atoms with Crippen molar-refractivity contribution in [2.45, 2.75) is 19.8 Å². The maximum atomic E-state index is 12.2. The van der Waals surface area contributed by atoms with E-state index in [1.54, 1.807) is 18.3 Å². The number of pyridine rings is 1. The Morgan fingerprint density at radius 2 is 2.00 bits per heavy atom. The highest BCUT2D eigenvalue weighted by Crippen LogP contribution is 2.18. The standard InChI is InChI=1S/C15H17N5O/c1-11-4-5-13(16-9-11)19-15(21)12-8-14(18-10-17-12)20-6-2-3-7-20/h4-5,8-10H,2-3,6-7H2,1H3,(H,16,19,21). The Labute approximate surface area is 123 Å². The zero-order valence-electron chi connectivity index (χ0n) is 11.9. The molecular weight excluding hydrogens is 266 g/mol. The largest absolute Gasteiger partial charge is 0.357 e. The fraction of sp³-hybridized carbons (Fsp3) is 0.333. The number of hydrogen-bond donors (Lipinski definition) is 1. The number of rotatable bonds is 3. The number of nitrogens with zero attached hydrogens (tertiary/aromatic N) is 4. The molecule has 6 heteroatoms. The van der Waals surface area contributed by atoms with Gasteiger partial charge in [-0.1, -0.05) is 6.07 Å². The van der Waals surface area contributed by atoms with Gasteiger partial charge in [0.1, 0.15) is 23.7 Å². The molecule has 1 aliphatic heterocycles. The van der Waals surface area contributed by atoms with Gasteiger partial charge >= 0.3 is 0 Å². The van der Waals surface area contributed by atoms with Crippen LogP contribution in [0.15, 0.2) is 30.7 Å². The topological polar surface area (TPSA) is 71.0 Å². The molecule has 0 saturated carbocycles. The molecule has 6 nitrogen and oxygen atoms in total. The van der Waals surface area contributed by atoms with Gasteiger partial charge in [-0.2, -0.15) is 0 Å². The molecule has 1 saturated heterocycles. The minimum absolute atomic E-state index is 0.269. The highest BCUT2D eigenvalue weighted by Gasteiger charge is 2.16. The predicted octanol–water partition coefficient (Wildman–Crippen LogP) is 2.03. The highest BCUT2D eigenvalue weighted by atomic mass is 16.1. The third-order valence-corrected chi connectivity index (χ3v) is 3.47. The van der Waals surface area contributed by atoms with E-state index in [1.807, 2.05) is 13.0 Å². The summed E-state index contributed by atoms with van der Waals surface area (Å²) in [7, 11) is 0. The summed E-state index contributed by atoms with van der Waals surface area (Å²) in [6.45, 7) is 3.92. The number of hydrogen-bond acceptors (Lipinski definition) is 5. The molecule has 0 bridgehead atoms. The summed E-state index contributed by atoms with van der Waals surface area (Å²) in [5.74, 6) is 1.06. The number of anilines is 2. The SMILES string of the molecule is Cc1ccc(NC(=O)c2cc(N3CCCC3)ncn2)nc1. The van der Waals surface area contributed by atoms with E-state index in [9.17, 15) is 4.79 Å². The van der Waals surface area contributed by atoms with Crippen LogP contribution in [0.2, 0.25) is 0 Å². The van der Waals surface area contributed by atoms with E-state index in [4.69, 9.17) is 0 Å². The molecule has 0 unspecified atom stereocenters. The van der Waals surface area contributed by atoms with Crippen molar-refractivity contribution in [3.05, 3.63) is 42.0 Å². The maximum absolute atomic E-state index is 12.2. The minimum atomic E-state index is -0.269. The quantitative estimate of drug-likeness (QED) is 0.933. The van der Waals surface area contributed by atoms with Gasteiger partial charge in [0.2, 0.25) is 0 Å². The highest BCUT2D eigenvalue weighted by molar-refractivity contribution is 6.02. The molecule has 0 aliphatic carbocycles. The first kappa shape index (κ1) is 13.5. The second-order valence-electron chi connectivity index (χ2n) is 5.13. The van der Waals surface area contributed by atoms with Crippen molar-refractivity contribution in [3.63, 3.8) is 0 Å². The molecule has 2 aromatic rings. The zero-order chi connectivity index (χ0) is 14.7. The zero-order valence-corrected chi connectivity index (χ0v) is 11.9. The lowest BCUT2D eigenvalue weighted by Gasteiger charge is -2.16. The molecule has 0 atom stereocenters. The Morgan fingerprint density at radius 3 is 2.71 bits per heavy atom. The molecule has 1 aliphatic rings. The minimum Gasteiger partial charge on any atom is -0.357 e. The van der Waals surface area contributed by atoms with Crippen LogP contribution in [0.1, 0.15) is 28.9 Å². The van der Waals surface area contributed by atoms with Crippen molar-refractivity contribution in [2.75, 3.05) is 23.3 Å². The Hall–Kier alpha value is -2.50. The average molecular weight is 283 g/mol. The van der Waals surface area contributed by atoms with Crippen LogP contribution in [-0.2, 0) is 0 Å². The number of nitrogens with one attached hydrogen (secondary N) is 1. The molecule has 1 amide bonds. The Bertz CT molecular complexity index is 635. The molecule has 108 valence electrons. The summed E-state index contributed by atoms with van der Waals surface area (Å²) in [5, 5.41) is 2.74. The molecule has 3 heterocycles. The van der Waals surface area contributed by atoms with Crippen LogP contribution >= 0.6 is 0 Å². The predicted molar refractivity (Wildman–Crippen MR) is 80.4 cm³/mol. The van der Waals surface area contributed by atoms with Gasteiger partial charge in [-0.25, -0.2) is 15.0 Å². The number of aryl methyl sites for hydroxylation is 1. The van der Waals surface area contributed by atoms with Crippen LogP contribution < -0.4 is 10.2 Å². The van der Waals surface area contributed by atoms with Crippen LogP contribution in [0.5, 0.6) is 0 Å². The van der Waals surface area contributed by atoms with E-state index < -0.39 is 0 Å². The van der Waals surface area contributed by atoms with Crippen molar-refractivity contribution >= 4 is 17.5 Å². The summed E-state index contributed by atoms with van der Waals surface area (Å²) >= 11 is 0. The van der Waals surface area contributed by atoms with E-state index in [-0.39, 0.29) is 5.91 Å². The normalized spacial score (nSPS) is 14.2. The lowest BCUT2D eigenvalue weighted by Crippen LogP contribution is -2.21. The lowest BCUT2D eigenvalue weighted by molar-refractivity contribution is 0.102. The monoisotopic (exact) mass is 283 g/mol. The van der Waals surface area contributed by atoms with Gasteiger partial charge < -0.3 is 10.2 Å². The fourth-order valence-electron chi connectivity index (χ4n) is 2.31. The third-order valence-electron chi connectivity index (χ3n) is 3.47. The molecule has 1 fully saturated rings. The van der Waals surface area contributed by atoms with Crippen LogP contribution in [0, 0.1) is 6.92 Å². The molecule has 0 aromatic carbocycles. The fourth-order valence-corrected chi connectivity index (χ4v) is 2.31. The molecule has 0 spiro atoms. The molecule has 2 aromatic heterocycles. The van der Waals surface area contributed by atoms with Gasteiger partial charge in [0.25, 0.3) is 5.91 Å². The molecule has 21 heavy (non-hydrogen) atoms. The van der Waals surface area contributed by atoms with Crippen LogP contribution in [0.4, 0.5) is 11.6 Å². The van der Waals surface area contributed by atoms with Gasteiger partial charge in [-0.3, -0.25) is 4.79 Å². The van der Waals surface area contributed by atoms with Crippen LogP contribution in [-0.4, -0.2) is 33.9 Å². The second-order valence-corrected chi connectivity index (χ2v) is 5.13. The van der Waals surface area contributed by atoms with Crippen molar-refractivity contribution in [1.29, 1.82) is 0 Å². The molecule has 1 N–H and O–H groups in total. The van der Waals surface area contributed by atoms with Gasteiger partial charge in [-0.15, -0.1) is 0 Å². The summed E-state index contributed by atoms with van der Waals surface area (Å²) in [4.78, 5) is 26.8. The van der Waals surface area contributed by atoms with Crippen molar-refractivity contribution in [2.24, 2.45) is 0 Å². The summed E-state index contributed by atoms with van der Waals surface area (Å²) in [5.41, 5.74) is 1.40. The summed E-state index contributed by atoms with van der Waals surface area (Å²) in [6.07, 6.45) is 5.48. The Kier molecular flexibility index (Phi) is 3.77. The molecule has 3 rings (SSSR count). The van der Waals surface area contributed by atoms with E-state index in [1.165, 1.54) is 19.2 Å². The molecule has 0 radical (unpaired) electrons. The van der Waals surface area contributed by atoms with Gasteiger partial charge in [0.05, 0.1) is 0 Å². The number of carbonyl (C=O) groups excluding carboxylic acids is 1. The van der Waals surface area contributed by atoms with Gasteiger partial charge in [0.15, 0.2) is 0 Å². The summed E-state index contributed by atoms with van der Waals surface area (Å²) < 4.78 is 0. The first-order valence-electron chi connectivity index (χ1n) is 7.03. The molecular formula is C15H17N5O. The Balaban J connectivity index is 1.74. The smallest absolute Gasteiger partial charge is 0.275 e. The van der Waals surface area contributed by atoms with E-state index in [2.05, 4.69) is 25.2 Å². The third kappa shape index (κ3) is 3.16. The maximum Gasteiger partial charge on any atom is 0.275 e. The number of amides is 1. The van der Waals surface area contributed by atoms with Gasteiger partial charge in [0, 0.05) is 25.4 Å². The van der Waals surface area contributed by atoms with Crippen LogP contribution in [0.25, 0.3) is 0 Å². The number of carbonyl (C=O) groups is 1. The van der Waals surface area contributed by atoms with Gasteiger partial charge in [-0.05, 0) is 31.4 Å². The van der Waals surface area contributed by atoms with Crippen molar-refractivity contribution in [1.82, 2.24) is 15.0 Å². The number of aromatic nitrogens is 3.